The summed E-state index contributed by atoms with van der Waals surface area (Å²) >= 11 is 0. The van der Waals surface area contributed by atoms with E-state index in [1.165, 1.54) is 21.5 Å². The first-order valence-electron chi connectivity index (χ1n) is 6.95. The molecule has 1 aliphatic rings. The lowest BCUT2D eigenvalue weighted by molar-refractivity contribution is -0.0511. The molecule has 124 valence electrons. The van der Waals surface area contributed by atoms with Crippen molar-refractivity contribution in [2.75, 3.05) is 12.3 Å². The van der Waals surface area contributed by atoms with Crippen LogP contribution < -0.4 is 11.4 Å². The van der Waals surface area contributed by atoms with E-state index in [-0.39, 0.29) is 23.5 Å². The number of aliphatic hydroxyl groups excluding tert-OH is 3. The Morgan fingerprint density at radius 2 is 2.17 bits per heavy atom. The van der Waals surface area contributed by atoms with E-state index in [0.29, 0.717) is 0 Å². The fourth-order valence-corrected chi connectivity index (χ4v) is 2.63. The molecule has 5 N–H and O–H groups in total. The molecule has 2 aromatic rings. The Morgan fingerprint density at radius 1 is 1.43 bits per heavy atom. The van der Waals surface area contributed by atoms with Crippen molar-refractivity contribution in [1.82, 2.24) is 19.1 Å². The van der Waals surface area contributed by atoms with E-state index in [1.807, 2.05) is 0 Å². The third-order valence-corrected chi connectivity index (χ3v) is 3.84. The molecule has 3 heterocycles. The Labute approximate surface area is 130 Å². The van der Waals surface area contributed by atoms with Gasteiger partial charge in [-0.05, 0) is 0 Å². The van der Waals surface area contributed by atoms with E-state index in [9.17, 15) is 15.0 Å². The maximum atomic E-state index is 12.1. The van der Waals surface area contributed by atoms with Crippen LogP contribution >= 0.6 is 0 Å². The maximum Gasteiger partial charge on any atom is 0.351 e. The van der Waals surface area contributed by atoms with Crippen molar-refractivity contribution in [2.24, 2.45) is 0 Å². The Hall–Kier alpha value is -2.27. The standard InChI is InChI=1S/C13H17N5O5/c1-2-3-17-10(14)7-11(16-13(17)22)18(5-15-7)12-9(21)8(20)6(4-19)23-12/h2,5-6,8-9,12,19-21H,1,3-4,14H2/t6-,8-,9-,12-/m1/s1. The minimum atomic E-state index is -1.30. The molecule has 10 heteroatoms. The smallest absolute Gasteiger partial charge is 0.351 e. The number of hydrogen-bond acceptors (Lipinski definition) is 8. The monoisotopic (exact) mass is 323 g/mol. The molecular weight excluding hydrogens is 306 g/mol. The van der Waals surface area contributed by atoms with E-state index in [1.54, 1.807) is 0 Å². The lowest BCUT2D eigenvalue weighted by Gasteiger charge is -2.16. The fraction of sp³-hybridized carbons (Fsp3) is 0.462. The van der Waals surface area contributed by atoms with Gasteiger partial charge in [0.2, 0.25) is 0 Å². The summed E-state index contributed by atoms with van der Waals surface area (Å²) in [4.78, 5) is 20.1. The van der Waals surface area contributed by atoms with Gasteiger partial charge in [-0.3, -0.25) is 9.13 Å². The van der Waals surface area contributed by atoms with Gasteiger partial charge in [0.25, 0.3) is 0 Å². The van der Waals surface area contributed by atoms with E-state index in [4.69, 9.17) is 15.6 Å². The zero-order valence-electron chi connectivity index (χ0n) is 12.1. The Kier molecular flexibility index (Phi) is 3.90. The summed E-state index contributed by atoms with van der Waals surface area (Å²) < 4.78 is 7.94. The summed E-state index contributed by atoms with van der Waals surface area (Å²) in [6.45, 7) is 3.28. The first-order valence-corrected chi connectivity index (χ1v) is 6.95. The number of imidazole rings is 1. The number of hydrogen-bond donors (Lipinski definition) is 4. The molecule has 2 aromatic heterocycles. The number of nitrogens with zero attached hydrogens (tertiary/aromatic N) is 4. The molecule has 1 saturated heterocycles. The fourth-order valence-electron chi connectivity index (χ4n) is 2.63. The predicted molar refractivity (Wildman–Crippen MR) is 79.4 cm³/mol. The number of rotatable bonds is 4. The van der Waals surface area contributed by atoms with Crippen molar-refractivity contribution in [1.29, 1.82) is 0 Å². The molecule has 0 spiro atoms. The van der Waals surface area contributed by atoms with Crippen LogP contribution in [-0.2, 0) is 11.3 Å². The van der Waals surface area contributed by atoms with Gasteiger partial charge in [0, 0.05) is 6.54 Å². The summed E-state index contributed by atoms with van der Waals surface area (Å²) in [5.41, 5.74) is 5.74. The van der Waals surface area contributed by atoms with Crippen LogP contribution in [-0.4, -0.2) is 59.3 Å². The number of aliphatic hydroxyl groups is 3. The third-order valence-electron chi connectivity index (χ3n) is 3.84. The van der Waals surface area contributed by atoms with Crippen LogP contribution in [0.3, 0.4) is 0 Å². The van der Waals surface area contributed by atoms with Gasteiger partial charge >= 0.3 is 5.69 Å². The highest BCUT2D eigenvalue weighted by Gasteiger charge is 2.44. The number of anilines is 1. The average molecular weight is 323 g/mol. The van der Waals surface area contributed by atoms with Crippen LogP contribution in [0.15, 0.2) is 23.8 Å². The number of aromatic nitrogens is 4. The van der Waals surface area contributed by atoms with Crippen LogP contribution in [0.1, 0.15) is 6.23 Å². The van der Waals surface area contributed by atoms with Crippen molar-refractivity contribution in [3.63, 3.8) is 0 Å². The van der Waals surface area contributed by atoms with E-state index in [2.05, 4.69) is 16.5 Å². The van der Waals surface area contributed by atoms with Crippen molar-refractivity contribution >= 4 is 17.0 Å². The molecule has 0 aromatic carbocycles. The van der Waals surface area contributed by atoms with Gasteiger partial charge in [0.1, 0.15) is 29.6 Å². The first kappa shape index (κ1) is 15.6. The summed E-state index contributed by atoms with van der Waals surface area (Å²) in [7, 11) is 0. The van der Waals surface area contributed by atoms with Gasteiger partial charge in [-0.25, -0.2) is 9.78 Å². The van der Waals surface area contributed by atoms with E-state index < -0.39 is 36.8 Å². The second kappa shape index (κ2) is 5.74. The molecule has 0 saturated carbocycles. The van der Waals surface area contributed by atoms with Crippen LogP contribution in [0.25, 0.3) is 11.2 Å². The SMILES string of the molecule is C=CCn1c(N)c2ncn([C@@H]3O[C@H](CO)[C@@H](O)[C@H]3O)c2nc1=O. The molecular formula is C13H17N5O5. The molecule has 0 unspecified atom stereocenters. The third kappa shape index (κ3) is 2.32. The Balaban J connectivity index is 2.10. The lowest BCUT2D eigenvalue weighted by atomic mass is 10.1. The highest BCUT2D eigenvalue weighted by Crippen LogP contribution is 2.31. The summed E-state index contributed by atoms with van der Waals surface area (Å²) in [6.07, 6.45) is -1.72. The van der Waals surface area contributed by atoms with Crippen LogP contribution in [0, 0.1) is 0 Å². The van der Waals surface area contributed by atoms with Crippen molar-refractivity contribution in [2.45, 2.75) is 31.1 Å². The number of allylic oxidation sites excluding steroid dienone is 1. The molecule has 4 atom stereocenters. The van der Waals surface area contributed by atoms with Gasteiger partial charge in [-0.15, -0.1) is 6.58 Å². The summed E-state index contributed by atoms with van der Waals surface area (Å²) in [5, 5.41) is 29.1. The number of nitrogen functional groups attached to an aromatic ring is 1. The number of fused-ring (bicyclic) bond motifs is 1. The van der Waals surface area contributed by atoms with Gasteiger partial charge in [0.05, 0.1) is 12.9 Å². The van der Waals surface area contributed by atoms with Crippen LogP contribution in [0.2, 0.25) is 0 Å². The zero-order chi connectivity index (χ0) is 16.7. The Morgan fingerprint density at radius 3 is 2.78 bits per heavy atom. The van der Waals surface area contributed by atoms with Gasteiger partial charge in [-0.1, -0.05) is 6.08 Å². The summed E-state index contributed by atoms with van der Waals surface area (Å²) in [5.74, 6) is 0.116. The molecule has 1 aliphatic heterocycles. The zero-order valence-corrected chi connectivity index (χ0v) is 12.1. The first-order chi connectivity index (χ1) is 11.0. The highest BCUT2D eigenvalue weighted by molar-refractivity contribution is 5.81. The second-order valence-corrected chi connectivity index (χ2v) is 5.23. The van der Waals surface area contributed by atoms with Crippen molar-refractivity contribution in [3.8, 4) is 0 Å². The highest BCUT2D eigenvalue weighted by atomic mass is 16.6. The van der Waals surface area contributed by atoms with Crippen molar-refractivity contribution < 1.29 is 20.1 Å². The molecule has 0 aliphatic carbocycles. The largest absolute Gasteiger partial charge is 0.394 e. The van der Waals surface area contributed by atoms with E-state index >= 15 is 0 Å². The van der Waals surface area contributed by atoms with Crippen LogP contribution in [0.5, 0.6) is 0 Å². The second-order valence-electron chi connectivity index (χ2n) is 5.23. The summed E-state index contributed by atoms with van der Waals surface area (Å²) in [6, 6.07) is 0. The predicted octanol–water partition coefficient (Wildman–Crippen LogP) is -2.03. The van der Waals surface area contributed by atoms with Crippen molar-refractivity contribution in [3.05, 3.63) is 29.5 Å². The lowest BCUT2D eigenvalue weighted by Crippen LogP contribution is -2.33. The molecule has 0 radical (unpaired) electrons. The van der Waals surface area contributed by atoms with Crippen LogP contribution in [0.4, 0.5) is 5.82 Å². The van der Waals surface area contributed by atoms with Gasteiger partial charge < -0.3 is 25.8 Å². The average Bonchev–Trinajstić information content (AvgIpc) is 3.06. The molecule has 0 amide bonds. The molecule has 3 rings (SSSR count). The number of nitrogens with two attached hydrogens (primary N) is 1. The van der Waals surface area contributed by atoms with E-state index in [0.717, 1.165) is 0 Å². The molecule has 0 bridgehead atoms. The molecule has 23 heavy (non-hydrogen) atoms. The van der Waals surface area contributed by atoms with Gasteiger partial charge in [-0.2, -0.15) is 4.98 Å². The Bertz CT molecular complexity index is 800. The topological polar surface area (TPSA) is 149 Å². The molecule has 1 fully saturated rings. The normalized spacial score (nSPS) is 27.6. The minimum Gasteiger partial charge on any atom is -0.394 e. The van der Waals surface area contributed by atoms with Gasteiger partial charge in [0.15, 0.2) is 11.9 Å². The maximum absolute atomic E-state index is 12.1. The minimum absolute atomic E-state index is 0.116. The molecule has 10 nitrogen and oxygen atoms in total. The number of ether oxygens (including phenoxy) is 1. The quantitative estimate of drug-likeness (QED) is 0.471.